The fraction of sp³-hybridized carbons (Fsp3) is 0.333. The van der Waals surface area contributed by atoms with Gasteiger partial charge in [0.1, 0.15) is 5.75 Å². The van der Waals surface area contributed by atoms with E-state index in [9.17, 15) is 31.1 Å². The van der Waals surface area contributed by atoms with E-state index in [4.69, 9.17) is 16.2 Å². The standard InChI is InChI=1S/C18H17F6N5O3/c1-28-13(25)8-6-7-10(12-9(17(19,20)21)4-3-5-11(12)31-2)27-14(8)29(16(28)26)32-15(30)18(22,23)24/h3-7,13,16H,25-26H2,1-2H3. The molecule has 174 valence electrons. The molecule has 0 amide bonds. The number of fused-ring (bicyclic) bond motifs is 1. The number of pyridine rings is 1. The summed E-state index contributed by atoms with van der Waals surface area (Å²) in [5.74, 6) is -3.23. The van der Waals surface area contributed by atoms with E-state index in [1.807, 2.05) is 0 Å². The van der Waals surface area contributed by atoms with Crippen LogP contribution in [0.25, 0.3) is 11.3 Å². The molecule has 0 aliphatic carbocycles. The van der Waals surface area contributed by atoms with E-state index in [-0.39, 0.29) is 17.0 Å². The van der Waals surface area contributed by atoms with E-state index in [0.717, 1.165) is 19.2 Å². The number of hydroxylamine groups is 1. The number of ether oxygens (including phenoxy) is 1. The molecule has 2 aromatic rings. The molecular formula is C18H17F6N5O3. The maximum absolute atomic E-state index is 13.6. The number of hydrogen-bond donors (Lipinski definition) is 2. The Bertz CT molecular complexity index is 1030. The predicted molar refractivity (Wildman–Crippen MR) is 98.5 cm³/mol. The lowest BCUT2D eigenvalue weighted by molar-refractivity contribution is -0.204. The summed E-state index contributed by atoms with van der Waals surface area (Å²) in [6, 6.07) is 5.64. The summed E-state index contributed by atoms with van der Waals surface area (Å²) >= 11 is 0. The topological polar surface area (TPSA) is 107 Å². The van der Waals surface area contributed by atoms with Gasteiger partial charge in [-0.2, -0.15) is 31.4 Å². The Morgan fingerprint density at radius 3 is 2.31 bits per heavy atom. The molecule has 1 aromatic carbocycles. The van der Waals surface area contributed by atoms with Crippen molar-refractivity contribution in [2.45, 2.75) is 24.8 Å². The molecule has 8 nitrogen and oxygen atoms in total. The van der Waals surface area contributed by atoms with Crippen molar-refractivity contribution >= 4 is 11.8 Å². The van der Waals surface area contributed by atoms with Crippen LogP contribution in [0.1, 0.15) is 17.3 Å². The first-order valence-electron chi connectivity index (χ1n) is 8.84. The highest BCUT2D eigenvalue weighted by Gasteiger charge is 2.46. The van der Waals surface area contributed by atoms with Crippen LogP contribution in [0.5, 0.6) is 5.75 Å². The van der Waals surface area contributed by atoms with Gasteiger partial charge in [0.2, 0.25) is 0 Å². The first-order valence-corrected chi connectivity index (χ1v) is 8.84. The molecule has 32 heavy (non-hydrogen) atoms. The van der Waals surface area contributed by atoms with Crippen LogP contribution in [0.3, 0.4) is 0 Å². The third-order valence-electron chi connectivity index (χ3n) is 4.75. The monoisotopic (exact) mass is 465 g/mol. The van der Waals surface area contributed by atoms with Gasteiger partial charge in [0.25, 0.3) is 0 Å². The maximum atomic E-state index is 13.6. The van der Waals surface area contributed by atoms with Gasteiger partial charge in [0, 0.05) is 5.56 Å². The summed E-state index contributed by atoms with van der Waals surface area (Å²) in [6.45, 7) is 0. The van der Waals surface area contributed by atoms with Crippen LogP contribution < -0.4 is 21.3 Å². The number of aromatic nitrogens is 1. The molecule has 1 aromatic heterocycles. The fourth-order valence-electron chi connectivity index (χ4n) is 3.12. The SMILES string of the molecule is COc1cccc(C(F)(F)F)c1-c1ccc2c(n1)N(OC(=O)C(F)(F)F)C(N)N(C)C2N. The zero-order valence-electron chi connectivity index (χ0n) is 16.5. The Labute approximate surface area is 177 Å². The number of halogens is 6. The zero-order chi connectivity index (χ0) is 24.0. The molecule has 2 unspecified atom stereocenters. The van der Waals surface area contributed by atoms with E-state index in [1.54, 1.807) is 0 Å². The number of nitrogens with two attached hydrogens (primary N) is 2. The summed E-state index contributed by atoms with van der Waals surface area (Å²) in [5.41, 5.74) is 10.1. The summed E-state index contributed by atoms with van der Waals surface area (Å²) in [4.78, 5) is 21.0. The van der Waals surface area contributed by atoms with Gasteiger partial charge >= 0.3 is 18.3 Å². The molecule has 0 radical (unpaired) electrons. The van der Waals surface area contributed by atoms with Gasteiger partial charge < -0.3 is 15.3 Å². The molecule has 1 aliphatic heterocycles. The summed E-state index contributed by atoms with van der Waals surface area (Å²) in [7, 11) is 2.50. The average molecular weight is 465 g/mol. The molecule has 0 spiro atoms. The molecule has 2 heterocycles. The largest absolute Gasteiger partial charge is 0.496 e. The zero-order valence-corrected chi connectivity index (χ0v) is 16.5. The number of methoxy groups -OCH3 is 1. The molecule has 0 bridgehead atoms. The van der Waals surface area contributed by atoms with Crippen LogP contribution in [0.2, 0.25) is 0 Å². The van der Waals surface area contributed by atoms with Crippen molar-refractivity contribution in [2.24, 2.45) is 11.5 Å². The second-order valence-electron chi connectivity index (χ2n) is 6.72. The Hall–Kier alpha value is -3.10. The number of carbonyl (C=O) groups excluding carboxylic acids is 1. The van der Waals surface area contributed by atoms with Crippen molar-refractivity contribution in [1.82, 2.24) is 9.88 Å². The fourth-order valence-corrected chi connectivity index (χ4v) is 3.12. The molecule has 14 heteroatoms. The highest BCUT2D eigenvalue weighted by Crippen LogP contribution is 2.43. The predicted octanol–water partition coefficient (Wildman–Crippen LogP) is 2.75. The van der Waals surface area contributed by atoms with Crippen molar-refractivity contribution in [3.8, 4) is 17.0 Å². The highest BCUT2D eigenvalue weighted by atomic mass is 19.4. The van der Waals surface area contributed by atoms with Crippen LogP contribution >= 0.6 is 0 Å². The molecular weight excluding hydrogens is 448 g/mol. The second-order valence-corrected chi connectivity index (χ2v) is 6.72. The minimum atomic E-state index is -5.36. The quantitative estimate of drug-likeness (QED) is 0.667. The van der Waals surface area contributed by atoms with E-state index in [2.05, 4.69) is 9.82 Å². The van der Waals surface area contributed by atoms with E-state index >= 15 is 0 Å². The van der Waals surface area contributed by atoms with Crippen LogP contribution in [-0.2, 0) is 15.8 Å². The lowest BCUT2D eigenvalue weighted by Gasteiger charge is -2.42. The maximum Gasteiger partial charge on any atom is 0.493 e. The van der Waals surface area contributed by atoms with Gasteiger partial charge in [-0.15, -0.1) is 0 Å². The number of carbonyl (C=O) groups is 1. The smallest absolute Gasteiger partial charge is 0.493 e. The van der Waals surface area contributed by atoms with Crippen molar-refractivity contribution in [2.75, 3.05) is 19.2 Å². The molecule has 3 rings (SSSR count). The van der Waals surface area contributed by atoms with E-state index in [1.165, 1.54) is 30.1 Å². The van der Waals surface area contributed by atoms with Crippen LogP contribution in [-0.4, -0.2) is 42.5 Å². The first-order chi connectivity index (χ1) is 14.8. The first kappa shape index (κ1) is 23.6. The molecule has 0 fully saturated rings. The highest BCUT2D eigenvalue weighted by molar-refractivity contribution is 5.78. The Kier molecular flexibility index (Phi) is 5.97. The number of benzene rings is 1. The van der Waals surface area contributed by atoms with Crippen molar-refractivity contribution < 1.29 is 40.7 Å². The summed E-state index contributed by atoms with van der Waals surface area (Å²) < 4.78 is 84.2. The average Bonchev–Trinajstić information content (AvgIpc) is 2.72. The van der Waals surface area contributed by atoms with Crippen LogP contribution in [0, 0.1) is 0 Å². The second kappa shape index (κ2) is 8.11. The van der Waals surface area contributed by atoms with Gasteiger partial charge in [0.05, 0.1) is 30.1 Å². The molecule has 1 aliphatic rings. The Morgan fingerprint density at radius 2 is 1.75 bits per heavy atom. The summed E-state index contributed by atoms with van der Waals surface area (Å²) in [6.07, 6.45) is -12.7. The van der Waals surface area contributed by atoms with Crippen molar-refractivity contribution in [1.29, 1.82) is 0 Å². The molecule has 4 N–H and O–H groups in total. The number of nitrogens with zero attached hydrogens (tertiary/aromatic N) is 3. The third kappa shape index (κ3) is 4.16. The van der Waals surface area contributed by atoms with Crippen LogP contribution in [0.4, 0.5) is 32.2 Å². The van der Waals surface area contributed by atoms with Gasteiger partial charge in [0.15, 0.2) is 12.1 Å². The Morgan fingerprint density at radius 1 is 1.09 bits per heavy atom. The van der Waals surface area contributed by atoms with Gasteiger partial charge in [-0.1, -0.05) is 12.1 Å². The summed E-state index contributed by atoms with van der Waals surface area (Å²) in [5, 5.41) is 0.348. The third-order valence-corrected chi connectivity index (χ3v) is 4.75. The molecule has 0 saturated heterocycles. The minimum Gasteiger partial charge on any atom is -0.496 e. The molecule has 2 atom stereocenters. The normalized spacial score (nSPS) is 19.5. The van der Waals surface area contributed by atoms with E-state index in [0.29, 0.717) is 5.06 Å². The molecule has 0 saturated carbocycles. The van der Waals surface area contributed by atoms with Gasteiger partial charge in [-0.05, 0) is 25.2 Å². The van der Waals surface area contributed by atoms with Crippen molar-refractivity contribution in [3.63, 3.8) is 0 Å². The lowest BCUT2D eigenvalue weighted by atomic mass is 10.0. The number of hydrogen-bond acceptors (Lipinski definition) is 8. The lowest BCUT2D eigenvalue weighted by Crippen LogP contribution is -2.60. The van der Waals surface area contributed by atoms with Gasteiger partial charge in [-0.25, -0.2) is 9.78 Å². The van der Waals surface area contributed by atoms with Crippen molar-refractivity contribution in [3.05, 3.63) is 41.5 Å². The Balaban J connectivity index is 2.21. The minimum absolute atomic E-state index is 0.0661. The van der Waals surface area contributed by atoms with E-state index < -0.39 is 47.7 Å². The number of rotatable bonds is 3. The van der Waals surface area contributed by atoms with Crippen LogP contribution in [0.15, 0.2) is 30.3 Å². The number of alkyl halides is 6. The van der Waals surface area contributed by atoms with Gasteiger partial charge in [-0.3, -0.25) is 10.6 Å². The number of anilines is 1.